The lowest BCUT2D eigenvalue weighted by Gasteiger charge is -2.13. The summed E-state index contributed by atoms with van der Waals surface area (Å²) < 4.78 is 22.5. The minimum Gasteiger partial charge on any atom is -0.444 e. The molecule has 13 nitrogen and oxygen atoms in total. The number of carbonyl (C=O) groups excluding carboxylic acids is 2. The van der Waals surface area contributed by atoms with Crippen LogP contribution in [-0.2, 0) is 19.5 Å². The lowest BCUT2D eigenvalue weighted by molar-refractivity contribution is 0.0938. The first kappa shape index (κ1) is 28.0. The third-order valence-electron chi connectivity index (χ3n) is 7.14. The molecule has 1 aliphatic heterocycles. The molecule has 45 heavy (non-hydrogen) atoms. The first-order valence-electron chi connectivity index (χ1n) is 14.1. The number of hydrogen-bond acceptors (Lipinski definition) is 11. The molecule has 2 amide bonds. The Bertz CT molecular complexity index is 1890. The van der Waals surface area contributed by atoms with E-state index in [4.69, 9.17) is 17.7 Å². The molecule has 4 aromatic heterocycles. The first-order chi connectivity index (χ1) is 21.9. The van der Waals surface area contributed by atoms with Crippen molar-refractivity contribution in [1.29, 1.82) is 0 Å². The van der Waals surface area contributed by atoms with Crippen LogP contribution in [0.25, 0.3) is 46.1 Å². The van der Waals surface area contributed by atoms with E-state index < -0.39 is 11.8 Å². The molecular weight excluding hydrogens is 578 g/mol. The van der Waals surface area contributed by atoms with Crippen molar-refractivity contribution < 1.29 is 27.3 Å². The number of aromatic nitrogens is 4. The van der Waals surface area contributed by atoms with Gasteiger partial charge in [-0.15, -0.1) is 0 Å². The molecule has 0 radical (unpaired) electrons. The zero-order chi connectivity index (χ0) is 30.9. The smallest absolute Gasteiger partial charge is 0.273 e. The molecular formula is C32H27N7O6. The molecule has 12 bridgehead atoms. The molecule has 0 spiro atoms. The predicted octanol–water partition coefficient (Wildman–Crippen LogP) is 4.58. The van der Waals surface area contributed by atoms with Crippen LogP contribution in [0.2, 0.25) is 0 Å². The highest BCUT2D eigenvalue weighted by Crippen LogP contribution is 2.30. The van der Waals surface area contributed by atoms with Crippen LogP contribution in [0.4, 0.5) is 0 Å². The van der Waals surface area contributed by atoms with Gasteiger partial charge in [0.15, 0.2) is 22.8 Å². The zero-order valence-corrected chi connectivity index (χ0v) is 24.4. The summed E-state index contributed by atoms with van der Waals surface area (Å²) in [5.74, 6) is 0.101. The molecule has 7 rings (SSSR count). The molecule has 0 unspecified atom stereocenters. The lowest BCUT2D eigenvalue weighted by atomic mass is 10.0. The summed E-state index contributed by atoms with van der Waals surface area (Å²) >= 11 is 0. The van der Waals surface area contributed by atoms with Crippen LogP contribution >= 0.6 is 0 Å². The summed E-state index contributed by atoms with van der Waals surface area (Å²) in [6.45, 7) is 1.33. The van der Waals surface area contributed by atoms with E-state index in [2.05, 4.69) is 35.5 Å². The fourth-order valence-corrected chi connectivity index (χ4v) is 4.87. The summed E-state index contributed by atoms with van der Waals surface area (Å²) in [4.78, 5) is 45.8. The van der Waals surface area contributed by atoms with Gasteiger partial charge in [-0.05, 0) is 55.4 Å². The number of nitrogens with one attached hydrogen (secondary N) is 2. The molecule has 0 fully saturated rings. The zero-order valence-electron chi connectivity index (χ0n) is 24.4. The summed E-state index contributed by atoms with van der Waals surface area (Å²) in [7, 11) is 4.01. The van der Waals surface area contributed by atoms with Gasteiger partial charge in [0.05, 0.1) is 0 Å². The standard InChI is InChI=1S/C32H27N7O6/c1-39(2)7-6-18-8-19-10-20(9-18)13-34-28(41)24-15-45-32(36-24)26-17-43-30(38-26)22-5-3-4-21(11-22)29-37-25(16-42-29)31-35-23(14-44-31)27(40)33-12-19/h3-5,8-11,14-17H,6-7,12-13H2,1-2H3,(H,33,40)(H,34,41). The van der Waals surface area contributed by atoms with E-state index in [0.717, 1.165) is 29.7 Å². The van der Waals surface area contributed by atoms with Crippen LogP contribution in [0.1, 0.15) is 37.7 Å². The summed E-state index contributed by atoms with van der Waals surface area (Å²) in [5.41, 5.74) is 5.00. The maximum atomic E-state index is 13.0. The van der Waals surface area contributed by atoms with Crippen molar-refractivity contribution >= 4 is 11.8 Å². The number of oxazole rings is 4. The number of hydrogen-bond donors (Lipinski definition) is 2. The Morgan fingerprint density at radius 2 is 1.11 bits per heavy atom. The number of fused-ring (bicyclic) bond motifs is 16. The predicted molar refractivity (Wildman–Crippen MR) is 159 cm³/mol. The average molecular weight is 606 g/mol. The molecule has 0 saturated carbocycles. The van der Waals surface area contributed by atoms with Gasteiger partial charge in [-0.2, -0.15) is 0 Å². The molecule has 2 N–H and O–H groups in total. The molecule has 0 saturated heterocycles. The van der Waals surface area contributed by atoms with E-state index >= 15 is 0 Å². The monoisotopic (exact) mass is 605 g/mol. The van der Waals surface area contributed by atoms with Gasteiger partial charge >= 0.3 is 0 Å². The highest BCUT2D eigenvalue weighted by molar-refractivity contribution is 5.93. The Labute approximate surface area is 256 Å². The van der Waals surface area contributed by atoms with Crippen LogP contribution in [0.3, 0.4) is 0 Å². The Balaban J connectivity index is 1.24. The summed E-state index contributed by atoms with van der Waals surface area (Å²) in [5, 5.41) is 5.81. The second-order valence-electron chi connectivity index (χ2n) is 10.8. The van der Waals surface area contributed by atoms with Crippen LogP contribution in [0, 0.1) is 0 Å². The van der Waals surface area contributed by atoms with Gasteiger partial charge in [0.25, 0.3) is 11.8 Å². The number of nitrogens with zero attached hydrogens (tertiary/aromatic N) is 5. The van der Waals surface area contributed by atoms with Crippen LogP contribution < -0.4 is 10.6 Å². The van der Waals surface area contributed by atoms with Gasteiger partial charge in [0.1, 0.15) is 25.1 Å². The van der Waals surface area contributed by atoms with Gasteiger partial charge in [-0.1, -0.05) is 24.3 Å². The molecule has 13 heteroatoms. The summed E-state index contributed by atoms with van der Waals surface area (Å²) in [6, 6.07) is 13.3. The van der Waals surface area contributed by atoms with Gasteiger partial charge < -0.3 is 33.2 Å². The third-order valence-corrected chi connectivity index (χ3v) is 7.14. The first-order valence-corrected chi connectivity index (χ1v) is 14.1. The Morgan fingerprint density at radius 3 is 1.62 bits per heavy atom. The number of likely N-dealkylation sites (N-methyl/N-ethyl adjacent to an activating group) is 1. The van der Waals surface area contributed by atoms with Gasteiger partial charge in [-0.25, -0.2) is 19.9 Å². The van der Waals surface area contributed by atoms with Crippen molar-refractivity contribution in [3.05, 3.63) is 95.6 Å². The largest absolute Gasteiger partial charge is 0.444 e. The molecule has 1 aliphatic rings. The van der Waals surface area contributed by atoms with E-state index in [9.17, 15) is 9.59 Å². The van der Waals surface area contributed by atoms with E-state index in [0.29, 0.717) is 34.3 Å². The molecule has 226 valence electrons. The van der Waals surface area contributed by atoms with Gasteiger partial charge in [0, 0.05) is 30.8 Å². The SMILES string of the molecule is CN(C)CCc1cc2cc(c1)CNC(=O)c1coc(n1)-c1coc(n1)-c1cccc(c1)-c1nc(co1)-c1nc(co1)C(=O)NC2. The van der Waals surface area contributed by atoms with Crippen molar-refractivity contribution in [2.24, 2.45) is 0 Å². The molecule has 0 atom stereocenters. The second-order valence-corrected chi connectivity index (χ2v) is 10.8. The number of amides is 2. The maximum Gasteiger partial charge on any atom is 0.273 e. The number of benzene rings is 2. The van der Waals surface area contributed by atoms with E-state index in [1.165, 1.54) is 25.1 Å². The molecule has 6 aromatic rings. The molecule has 0 aliphatic carbocycles. The van der Waals surface area contributed by atoms with Crippen LogP contribution in [-0.4, -0.2) is 57.3 Å². The Hall–Kier alpha value is -5.82. The minimum absolute atomic E-state index is 0.105. The van der Waals surface area contributed by atoms with Crippen LogP contribution in [0.15, 0.2) is 85.2 Å². The lowest BCUT2D eigenvalue weighted by Crippen LogP contribution is -2.25. The molecule has 2 aromatic carbocycles. The quantitative estimate of drug-likeness (QED) is 0.290. The molecule has 5 heterocycles. The fraction of sp³-hybridized carbons (Fsp3) is 0.188. The van der Waals surface area contributed by atoms with Gasteiger partial charge in [0.2, 0.25) is 23.6 Å². The van der Waals surface area contributed by atoms with Crippen molar-refractivity contribution in [3.63, 3.8) is 0 Å². The van der Waals surface area contributed by atoms with E-state index in [1.807, 2.05) is 50.5 Å². The Kier molecular flexibility index (Phi) is 7.27. The average Bonchev–Trinajstić information content (AvgIpc) is 3.87. The maximum absolute atomic E-state index is 13.0. The van der Waals surface area contributed by atoms with Crippen molar-refractivity contribution in [3.8, 4) is 46.1 Å². The van der Waals surface area contributed by atoms with Gasteiger partial charge in [-0.3, -0.25) is 9.59 Å². The van der Waals surface area contributed by atoms with Crippen molar-refractivity contribution in [2.45, 2.75) is 19.5 Å². The van der Waals surface area contributed by atoms with Crippen molar-refractivity contribution in [1.82, 2.24) is 35.5 Å². The number of rotatable bonds is 3. The summed E-state index contributed by atoms with van der Waals surface area (Å²) in [6.07, 6.45) is 6.18. The normalized spacial score (nSPS) is 13.3. The minimum atomic E-state index is -0.406. The third kappa shape index (κ3) is 6.01. The van der Waals surface area contributed by atoms with Crippen molar-refractivity contribution in [2.75, 3.05) is 20.6 Å². The highest BCUT2D eigenvalue weighted by atomic mass is 16.4. The Morgan fingerprint density at radius 1 is 0.644 bits per heavy atom. The van der Waals surface area contributed by atoms with E-state index in [1.54, 1.807) is 6.07 Å². The fourth-order valence-electron chi connectivity index (χ4n) is 4.87. The topological polar surface area (TPSA) is 166 Å². The second kappa shape index (κ2) is 11.7. The van der Waals surface area contributed by atoms with E-state index in [-0.39, 0.29) is 36.3 Å². The number of carbonyl (C=O) groups is 2. The van der Waals surface area contributed by atoms with Crippen LogP contribution in [0.5, 0.6) is 0 Å². The highest BCUT2D eigenvalue weighted by Gasteiger charge is 2.20.